The first-order valence-corrected chi connectivity index (χ1v) is 4.72. The highest BCUT2D eigenvalue weighted by Gasteiger charge is 2.15. The number of nitrogens with one attached hydrogen (secondary N) is 1. The van der Waals surface area contributed by atoms with Crippen LogP contribution in [0.2, 0.25) is 0 Å². The fourth-order valence-corrected chi connectivity index (χ4v) is 1.72. The zero-order chi connectivity index (χ0) is 9.10. The molecular weight excluding hydrogens is 203 g/mol. The van der Waals surface area contributed by atoms with Crippen LogP contribution in [0.25, 0.3) is 0 Å². The summed E-state index contributed by atoms with van der Waals surface area (Å²) in [5.74, 6) is -0.384. The first kappa shape index (κ1) is 11.4. The third-order valence-corrected chi connectivity index (χ3v) is 2.40. The van der Waals surface area contributed by atoms with E-state index in [0.29, 0.717) is 0 Å². The Kier molecular flexibility index (Phi) is 4.29. The second-order valence-electron chi connectivity index (χ2n) is 3.39. The SMILES string of the molecule is Cl.Fc1cccc(C2CCCCN2)n1. The molecule has 0 amide bonds. The van der Waals surface area contributed by atoms with E-state index in [4.69, 9.17) is 0 Å². The summed E-state index contributed by atoms with van der Waals surface area (Å²) in [6.45, 7) is 1.02. The first-order valence-electron chi connectivity index (χ1n) is 4.72. The molecule has 14 heavy (non-hydrogen) atoms. The van der Waals surface area contributed by atoms with E-state index in [0.717, 1.165) is 18.7 Å². The van der Waals surface area contributed by atoms with Crippen molar-refractivity contribution in [1.29, 1.82) is 0 Å². The normalized spacial score (nSPS) is 21.4. The van der Waals surface area contributed by atoms with Crippen molar-refractivity contribution in [2.45, 2.75) is 25.3 Å². The van der Waals surface area contributed by atoms with Crippen LogP contribution in [0.15, 0.2) is 18.2 Å². The topological polar surface area (TPSA) is 24.9 Å². The molecule has 1 aliphatic heterocycles. The van der Waals surface area contributed by atoms with Crippen LogP contribution in [0.5, 0.6) is 0 Å². The molecule has 0 aromatic carbocycles. The van der Waals surface area contributed by atoms with Crippen molar-refractivity contribution in [3.63, 3.8) is 0 Å². The van der Waals surface area contributed by atoms with Crippen LogP contribution in [0, 0.1) is 5.95 Å². The summed E-state index contributed by atoms with van der Waals surface area (Å²) in [4.78, 5) is 3.87. The second-order valence-corrected chi connectivity index (χ2v) is 3.39. The molecule has 1 atom stereocenters. The summed E-state index contributed by atoms with van der Waals surface area (Å²) in [7, 11) is 0. The van der Waals surface area contributed by atoms with Gasteiger partial charge < -0.3 is 5.32 Å². The average Bonchev–Trinajstić information content (AvgIpc) is 2.19. The van der Waals surface area contributed by atoms with Gasteiger partial charge in [0.2, 0.25) is 5.95 Å². The average molecular weight is 217 g/mol. The molecule has 1 unspecified atom stereocenters. The van der Waals surface area contributed by atoms with Gasteiger partial charge in [0, 0.05) is 6.04 Å². The number of rotatable bonds is 1. The molecule has 1 N–H and O–H groups in total. The van der Waals surface area contributed by atoms with Crippen LogP contribution in [-0.2, 0) is 0 Å². The molecule has 1 aromatic heterocycles. The highest BCUT2D eigenvalue weighted by molar-refractivity contribution is 5.85. The quantitative estimate of drug-likeness (QED) is 0.730. The largest absolute Gasteiger partial charge is 0.309 e. The molecule has 0 spiro atoms. The Morgan fingerprint density at radius 2 is 2.21 bits per heavy atom. The van der Waals surface area contributed by atoms with Gasteiger partial charge in [-0.05, 0) is 31.5 Å². The molecule has 1 fully saturated rings. The minimum Gasteiger partial charge on any atom is -0.309 e. The smallest absolute Gasteiger partial charge is 0.213 e. The van der Waals surface area contributed by atoms with Crippen molar-refractivity contribution in [2.75, 3.05) is 6.54 Å². The minimum atomic E-state index is -0.384. The summed E-state index contributed by atoms with van der Waals surface area (Å²) < 4.78 is 12.8. The van der Waals surface area contributed by atoms with Crippen LogP contribution in [0.4, 0.5) is 4.39 Å². The lowest BCUT2D eigenvalue weighted by atomic mass is 10.0. The van der Waals surface area contributed by atoms with Crippen molar-refractivity contribution < 1.29 is 4.39 Å². The summed E-state index contributed by atoms with van der Waals surface area (Å²) in [6, 6.07) is 5.23. The lowest BCUT2D eigenvalue weighted by molar-refractivity contribution is 0.400. The second kappa shape index (κ2) is 5.27. The molecule has 1 saturated heterocycles. The number of hydrogen-bond donors (Lipinski definition) is 1. The van der Waals surface area contributed by atoms with Gasteiger partial charge in [0.05, 0.1) is 5.69 Å². The predicted molar refractivity (Wildman–Crippen MR) is 56.0 cm³/mol. The fraction of sp³-hybridized carbons (Fsp3) is 0.500. The Morgan fingerprint density at radius 1 is 1.36 bits per heavy atom. The zero-order valence-corrected chi connectivity index (χ0v) is 8.69. The summed E-state index contributed by atoms with van der Waals surface area (Å²) in [6.07, 6.45) is 3.48. The van der Waals surface area contributed by atoms with Crippen molar-refractivity contribution in [1.82, 2.24) is 10.3 Å². The maximum Gasteiger partial charge on any atom is 0.213 e. The van der Waals surface area contributed by atoms with E-state index >= 15 is 0 Å². The number of nitrogens with zero attached hydrogens (tertiary/aromatic N) is 1. The van der Waals surface area contributed by atoms with E-state index in [1.165, 1.54) is 18.9 Å². The number of aromatic nitrogens is 1. The molecule has 2 heterocycles. The van der Waals surface area contributed by atoms with Gasteiger partial charge in [-0.2, -0.15) is 4.39 Å². The van der Waals surface area contributed by atoms with Gasteiger partial charge in [-0.1, -0.05) is 12.5 Å². The molecule has 78 valence electrons. The molecular formula is C10H14ClFN2. The Hall–Kier alpha value is -0.670. The van der Waals surface area contributed by atoms with Crippen LogP contribution in [-0.4, -0.2) is 11.5 Å². The van der Waals surface area contributed by atoms with Crippen LogP contribution < -0.4 is 5.32 Å². The fourth-order valence-electron chi connectivity index (χ4n) is 1.72. The van der Waals surface area contributed by atoms with Gasteiger partial charge in [0.15, 0.2) is 0 Å². The third-order valence-electron chi connectivity index (χ3n) is 2.40. The maximum absolute atomic E-state index is 12.8. The first-order chi connectivity index (χ1) is 6.36. The van der Waals surface area contributed by atoms with E-state index < -0.39 is 0 Å². The van der Waals surface area contributed by atoms with E-state index in [9.17, 15) is 4.39 Å². The van der Waals surface area contributed by atoms with Gasteiger partial charge in [0.1, 0.15) is 0 Å². The van der Waals surface area contributed by atoms with Gasteiger partial charge in [-0.25, -0.2) is 4.98 Å². The van der Waals surface area contributed by atoms with E-state index in [1.54, 1.807) is 6.07 Å². The highest BCUT2D eigenvalue weighted by atomic mass is 35.5. The molecule has 1 aromatic rings. The van der Waals surface area contributed by atoms with Gasteiger partial charge in [-0.3, -0.25) is 0 Å². The van der Waals surface area contributed by atoms with Gasteiger partial charge in [-0.15, -0.1) is 12.4 Å². The highest BCUT2D eigenvalue weighted by Crippen LogP contribution is 2.20. The number of piperidine rings is 1. The molecule has 2 rings (SSSR count). The van der Waals surface area contributed by atoms with Crippen molar-refractivity contribution in [3.05, 3.63) is 29.8 Å². The summed E-state index contributed by atoms with van der Waals surface area (Å²) in [5.41, 5.74) is 0.833. The van der Waals surface area contributed by atoms with Crippen molar-refractivity contribution in [2.24, 2.45) is 0 Å². The van der Waals surface area contributed by atoms with E-state index in [-0.39, 0.29) is 24.4 Å². The standard InChI is InChI=1S/C10H13FN2.ClH/c11-10-6-3-5-9(13-10)8-4-1-2-7-12-8;/h3,5-6,8,12H,1-2,4,7H2;1H. The van der Waals surface area contributed by atoms with E-state index in [1.807, 2.05) is 6.07 Å². The minimum absolute atomic E-state index is 0. The molecule has 0 aliphatic carbocycles. The Morgan fingerprint density at radius 3 is 2.86 bits per heavy atom. The Bertz CT molecular complexity index is 287. The van der Waals surface area contributed by atoms with Crippen molar-refractivity contribution in [3.8, 4) is 0 Å². The molecule has 0 saturated carbocycles. The summed E-state index contributed by atoms with van der Waals surface area (Å²) in [5, 5.41) is 3.33. The summed E-state index contributed by atoms with van der Waals surface area (Å²) >= 11 is 0. The van der Waals surface area contributed by atoms with Gasteiger partial charge >= 0.3 is 0 Å². The third kappa shape index (κ3) is 2.66. The lowest BCUT2D eigenvalue weighted by Gasteiger charge is -2.22. The van der Waals surface area contributed by atoms with Gasteiger partial charge in [0.25, 0.3) is 0 Å². The van der Waals surface area contributed by atoms with Crippen LogP contribution in [0.3, 0.4) is 0 Å². The maximum atomic E-state index is 12.8. The Balaban J connectivity index is 0.000000980. The molecule has 0 bridgehead atoms. The molecule has 2 nitrogen and oxygen atoms in total. The van der Waals surface area contributed by atoms with Crippen molar-refractivity contribution >= 4 is 12.4 Å². The zero-order valence-electron chi connectivity index (χ0n) is 7.87. The Labute approximate surface area is 89.3 Å². The van der Waals surface area contributed by atoms with E-state index in [2.05, 4.69) is 10.3 Å². The number of halogens is 2. The van der Waals surface area contributed by atoms with Crippen LogP contribution >= 0.6 is 12.4 Å². The predicted octanol–water partition coefficient (Wildman–Crippen LogP) is 2.46. The molecule has 4 heteroatoms. The van der Waals surface area contributed by atoms with Crippen LogP contribution in [0.1, 0.15) is 31.0 Å². The lowest BCUT2D eigenvalue weighted by Crippen LogP contribution is -2.27. The number of pyridine rings is 1. The molecule has 0 radical (unpaired) electrons. The monoisotopic (exact) mass is 216 g/mol. The molecule has 1 aliphatic rings. The number of hydrogen-bond acceptors (Lipinski definition) is 2.